The first kappa shape index (κ1) is 23.3. The number of anilines is 2. The Morgan fingerprint density at radius 3 is 2.47 bits per heavy atom. The van der Waals surface area contributed by atoms with Gasteiger partial charge in [0.25, 0.3) is 5.91 Å². The number of rotatable bonds is 8. The number of methoxy groups -OCH3 is 2. The fourth-order valence-electron chi connectivity index (χ4n) is 4.35. The van der Waals surface area contributed by atoms with Crippen LogP contribution in [0, 0.1) is 0 Å². The maximum absolute atomic E-state index is 13.0. The summed E-state index contributed by atoms with van der Waals surface area (Å²) in [6.07, 6.45) is 1.90. The van der Waals surface area contributed by atoms with Crippen molar-refractivity contribution < 1.29 is 19.1 Å². The summed E-state index contributed by atoms with van der Waals surface area (Å²) in [4.78, 5) is 28.0. The van der Waals surface area contributed by atoms with Crippen LogP contribution in [-0.4, -0.2) is 44.0 Å². The summed E-state index contributed by atoms with van der Waals surface area (Å²) in [6.45, 7) is 1.01. The molecule has 1 atom stereocenters. The van der Waals surface area contributed by atoms with Gasteiger partial charge in [0.15, 0.2) is 0 Å². The Morgan fingerprint density at radius 2 is 1.71 bits per heavy atom. The smallest absolute Gasteiger partial charge is 0.257 e. The Morgan fingerprint density at radius 1 is 0.941 bits per heavy atom. The lowest BCUT2D eigenvalue weighted by Gasteiger charge is -2.26. The van der Waals surface area contributed by atoms with Gasteiger partial charge in [-0.1, -0.05) is 30.3 Å². The second-order valence-corrected chi connectivity index (χ2v) is 8.15. The maximum atomic E-state index is 13.0. The number of nitrogens with one attached hydrogen (secondary N) is 2. The second kappa shape index (κ2) is 10.9. The van der Waals surface area contributed by atoms with E-state index < -0.39 is 0 Å². The standard InChI is InChI=1S/C27H29N3O4/c1-33-20-14-15-25(34-2)22(17-20)24-13-8-16-30(24)18-26(31)29-23-12-7-6-11-21(23)27(32)28-19-9-4-3-5-10-19/h3-7,9-12,14-15,17,24H,8,13,16,18H2,1-2H3,(H,28,32)(H,29,31)/t24-/m0/s1. The van der Waals surface area contributed by atoms with Crippen molar-refractivity contribution >= 4 is 23.2 Å². The molecule has 1 aliphatic rings. The zero-order chi connectivity index (χ0) is 23.9. The Kier molecular flexibility index (Phi) is 7.44. The molecule has 176 valence electrons. The maximum Gasteiger partial charge on any atom is 0.257 e. The Hall–Kier alpha value is -3.84. The fraction of sp³-hybridized carbons (Fsp3) is 0.259. The number of carbonyl (C=O) groups excluding carboxylic acids is 2. The van der Waals surface area contributed by atoms with Crippen LogP contribution >= 0.6 is 0 Å². The Labute approximate surface area is 199 Å². The van der Waals surface area contributed by atoms with Gasteiger partial charge in [0.2, 0.25) is 5.91 Å². The first-order chi connectivity index (χ1) is 16.6. The molecule has 34 heavy (non-hydrogen) atoms. The molecule has 0 saturated carbocycles. The average molecular weight is 460 g/mol. The minimum absolute atomic E-state index is 0.0485. The van der Waals surface area contributed by atoms with Crippen molar-refractivity contribution in [1.82, 2.24) is 4.90 Å². The van der Waals surface area contributed by atoms with E-state index in [1.165, 1.54) is 0 Å². The average Bonchev–Trinajstić information content (AvgIpc) is 3.32. The molecule has 3 aromatic carbocycles. The molecule has 1 aliphatic heterocycles. The van der Waals surface area contributed by atoms with Gasteiger partial charge in [-0.15, -0.1) is 0 Å². The summed E-state index contributed by atoms with van der Waals surface area (Å²) in [6, 6.07) is 22.0. The minimum atomic E-state index is -0.276. The summed E-state index contributed by atoms with van der Waals surface area (Å²) in [5.74, 6) is 1.09. The van der Waals surface area contributed by atoms with E-state index in [1.807, 2.05) is 48.5 Å². The molecule has 3 aromatic rings. The third-order valence-corrected chi connectivity index (χ3v) is 5.98. The molecule has 2 N–H and O–H groups in total. The van der Waals surface area contributed by atoms with Crippen molar-refractivity contribution in [3.63, 3.8) is 0 Å². The zero-order valence-electron chi connectivity index (χ0n) is 19.4. The first-order valence-corrected chi connectivity index (χ1v) is 11.3. The first-order valence-electron chi connectivity index (χ1n) is 11.3. The van der Waals surface area contributed by atoms with Gasteiger partial charge in [-0.2, -0.15) is 0 Å². The molecule has 1 heterocycles. The van der Waals surface area contributed by atoms with Crippen LogP contribution in [0.5, 0.6) is 11.5 Å². The van der Waals surface area contributed by atoms with Crippen molar-refractivity contribution in [3.05, 3.63) is 83.9 Å². The third kappa shape index (κ3) is 5.38. The largest absolute Gasteiger partial charge is 0.497 e. The third-order valence-electron chi connectivity index (χ3n) is 5.98. The van der Waals surface area contributed by atoms with Crippen LogP contribution in [0.25, 0.3) is 0 Å². The molecular weight excluding hydrogens is 430 g/mol. The van der Waals surface area contributed by atoms with Gasteiger partial charge in [0, 0.05) is 17.3 Å². The number of hydrogen-bond acceptors (Lipinski definition) is 5. The highest BCUT2D eigenvalue weighted by Crippen LogP contribution is 2.38. The molecule has 7 heteroatoms. The normalized spacial score (nSPS) is 15.5. The number of benzene rings is 3. The van der Waals surface area contributed by atoms with Crippen LogP contribution in [0.1, 0.15) is 34.8 Å². The van der Waals surface area contributed by atoms with E-state index in [4.69, 9.17) is 9.47 Å². The molecule has 0 bridgehead atoms. The summed E-state index contributed by atoms with van der Waals surface area (Å²) < 4.78 is 11.0. The molecular formula is C27H29N3O4. The van der Waals surface area contributed by atoms with Gasteiger partial charge in [-0.3, -0.25) is 14.5 Å². The SMILES string of the molecule is COc1ccc(OC)c([C@@H]2CCCN2CC(=O)Nc2ccccc2C(=O)Nc2ccccc2)c1. The van der Waals surface area contributed by atoms with Gasteiger partial charge < -0.3 is 20.1 Å². The molecule has 2 amide bonds. The molecule has 1 saturated heterocycles. The van der Waals surface area contributed by atoms with Crippen LogP contribution in [0.15, 0.2) is 72.8 Å². The molecule has 0 unspecified atom stereocenters. The summed E-state index contributed by atoms with van der Waals surface area (Å²) in [7, 11) is 3.28. The van der Waals surface area contributed by atoms with Crippen LogP contribution in [0.4, 0.5) is 11.4 Å². The predicted molar refractivity (Wildman–Crippen MR) is 133 cm³/mol. The zero-order valence-corrected chi connectivity index (χ0v) is 19.4. The van der Waals surface area contributed by atoms with E-state index in [-0.39, 0.29) is 24.4 Å². The van der Waals surface area contributed by atoms with E-state index in [0.717, 1.165) is 36.4 Å². The van der Waals surface area contributed by atoms with Gasteiger partial charge in [0.1, 0.15) is 11.5 Å². The Balaban J connectivity index is 1.47. The number of ether oxygens (including phenoxy) is 2. The lowest BCUT2D eigenvalue weighted by Crippen LogP contribution is -2.33. The predicted octanol–water partition coefficient (Wildman–Crippen LogP) is 4.73. The van der Waals surface area contributed by atoms with Gasteiger partial charge in [0.05, 0.1) is 32.0 Å². The van der Waals surface area contributed by atoms with E-state index in [1.54, 1.807) is 38.5 Å². The Bertz CT molecular complexity index is 1150. The molecule has 1 fully saturated rings. The van der Waals surface area contributed by atoms with Crippen molar-refractivity contribution in [2.75, 3.05) is 37.9 Å². The summed E-state index contributed by atoms with van der Waals surface area (Å²) in [5.41, 5.74) is 2.60. The van der Waals surface area contributed by atoms with Crippen molar-refractivity contribution in [2.24, 2.45) is 0 Å². The second-order valence-electron chi connectivity index (χ2n) is 8.15. The van der Waals surface area contributed by atoms with Crippen LogP contribution in [0.2, 0.25) is 0 Å². The van der Waals surface area contributed by atoms with E-state index in [0.29, 0.717) is 16.9 Å². The highest BCUT2D eigenvalue weighted by molar-refractivity contribution is 6.10. The number of amides is 2. The number of likely N-dealkylation sites (tertiary alicyclic amines) is 1. The molecule has 0 aromatic heterocycles. The van der Waals surface area contributed by atoms with Crippen molar-refractivity contribution in [3.8, 4) is 11.5 Å². The number of carbonyl (C=O) groups is 2. The fourth-order valence-corrected chi connectivity index (χ4v) is 4.35. The van der Waals surface area contributed by atoms with Crippen LogP contribution in [0.3, 0.4) is 0 Å². The van der Waals surface area contributed by atoms with E-state index in [2.05, 4.69) is 15.5 Å². The van der Waals surface area contributed by atoms with Gasteiger partial charge >= 0.3 is 0 Å². The lowest BCUT2D eigenvalue weighted by atomic mass is 10.0. The molecule has 4 rings (SSSR count). The number of hydrogen-bond donors (Lipinski definition) is 2. The van der Waals surface area contributed by atoms with Gasteiger partial charge in [-0.25, -0.2) is 0 Å². The molecule has 0 radical (unpaired) electrons. The van der Waals surface area contributed by atoms with Crippen LogP contribution in [-0.2, 0) is 4.79 Å². The number of nitrogens with zero attached hydrogens (tertiary/aromatic N) is 1. The van der Waals surface area contributed by atoms with Gasteiger partial charge in [-0.05, 0) is 61.9 Å². The van der Waals surface area contributed by atoms with Crippen molar-refractivity contribution in [2.45, 2.75) is 18.9 Å². The molecule has 0 spiro atoms. The summed E-state index contributed by atoms with van der Waals surface area (Å²) in [5, 5.41) is 5.80. The highest BCUT2D eigenvalue weighted by atomic mass is 16.5. The number of para-hydroxylation sites is 2. The molecule has 0 aliphatic carbocycles. The molecule has 7 nitrogen and oxygen atoms in total. The van der Waals surface area contributed by atoms with Crippen molar-refractivity contribution in [1.29, 1.82) is 0 Å². The van der Waals surface area contributed by atoms with Crippen LogP contribution < -0.4 is 20.1 Å². The topological polar surface area (TPSA) is 79.9 Å². The monoisotopic (exact) mass is 459 g/mol. The quantitative estimate of drug-likeness (QED) is 0.509. The lowest BCUT2D eigenvalue weighted by molar-refractivity contribution is -0.117. The van der Waals surface area contributed by atoms with E-state index in [9.17, 15) is 9.59 Å². The summed E-state index contributed by atoms with van der Waals surface area (Å²) >= 11 is 0. The minimum Gasteiger partial charge on any atom is -0.497 e. The van der Waals surface area contributed by atoms with E-state index >= 15 is 0 Å². The highest BCUT2D eigenvalue weighted by Gasteiger charge is 2.30.